The molecule has 2 rings (SSSR count). The fourth-order valence-electron chi connectivity index (χ4n) is 2.49. The van der Waals surface area contributed by atoms with Crippen LogP contribution >= 0.6 is 11.6 Å². The van der Waals surface area contributed by atoms with E-state index in [0.717, 1.165) is 18.5 Å². The number of halogens is 1. The van der Waals surface area contributed by atoms with Crippen LogP contribution in [0.4, 0.5) is 0 Å². The summed E-state index contributed by atoms with van der Waals surface area (Å²) in [6.45, 7) is 5.44. The molecule has 1 unspecified atom stereocenters. The van der Waals surface area contributed by atoms with Crippen molar-refractivity contribution in [3.63, 3.8) is 0 Å². The highest BCUT2D eigenvalue weighted by Gasteiger charge is 2.46. The van der Waals surface area contributed by atoms with E-state index in [4.69, 9.17) is 11.6 Å². The first-order chi connectivity index (χ1) is 9.88. The summed E-state index contributed by atoms with van der Waals surface area (Å²) in [5, 5.41) is 21.6. The van der Waals surface area contributed by atoms with Gasteiger partial charge < -0.3 is 5.11 Å². The lowest BCUT2D eigenvalue weighted by Gasteiger charge is -2.37. The standard InChI is InChI=1S/C16H22ClN3O/c1-4-13-14(19-20-18-13)16(17,15(2,3)21)11-10-12-8-6-5-7-9-12/h5-9,21H,4,10-11H2,1-3H3,(H,18,19,20). The molecule has 4 nitrogen and oxygen atoms in total. The third-order valence-corrected chi connectivity index (χ3v) is 4.73. The van der Waals surface area contributed by atoms with Gasteiger partial charge in [0.2, 0.25) is 0 Å². The van der Waals surface area contributed by atoms with Gasteiger partial charge in [-0.3, -0.25) is 0 Å². The molecule has 0 radical (unpaired) electrons. The number of nitrogens with zero attached hydrogens (tertiary/aromatic N) is 2. The van der Waals surface area contributed by atoms with E-state index >= 15 is 0 Å². The number of nitrogens with one attached hydrogen (secondary N) is 1. The summed E-state index contributed by atoms with van der Waals surface area (Å²) in [4.78, 5) is -0.971. The molecule has 0 amide bonds. The molecule has 2 aromatic rings. The molecule has 114 valence electrons. The molecule has 0 spiro atoms. The summed E-state index contributed by atoms with van der Waals surface area (Å²) >= 11 is 6.84. The number of aromatic amines is 1. The highest BCUT2D eigenvalue weighted by molar-refractivity contribution is 6.24. The van der Waals surface area contributed by atoms with Gasteiger partial charge in [0.1, 0.15) is 10.6 Å². The van der Waals surface area contributed by atoms with Crippen molar-refractivity contribution in [1.82, 2.24) is 15.4 Å². The van der Waals surface area contributed by atoms with Crippen molar-refractivity contribution in [2.24, 2.45) is 0 Å². The zero-order chi connectivity index (χ0) is 15.5. The van der Waals surface area contributed by atoms with Crippen LogP contribution in [-0.2, 0) is 17.7 Å². The summed E-state index contributed by atoms with van der Waals surface area (Å²) in [6, 6.07) is 10.1. The number of alkyl halides is 1. The highest BCUT2D eigenvalue weighted by atomic mass is 35.5. The topological polar surface area (TPSA) is 61.8 Å². The summed E-state index contributed by atoms with van der Waals surface area (Å²) in [5.41, 5.74) is 1.54. The van der Waals surface area contributed by atoms with Crippen molar-refractivity contribution >= 4 is 11.6 Å². The first-order valence-corrected chi connectivity index (χ1v) is 7.61. The largest absolute Gasteiger partial charge is 0.388 e. The smallest absolute Gasteiger partial charge is 0.119 e. The molecule has 0 fully saturated rings. The number of aromatic nitrogens is 3. The monoisotopic (exact) mass is 307 g/mol. The van der Waals surface area contributed by atoms with E-state index in [1.54, 1.807) is 13.8 Å². The molecule has 1 heterocycles. The Bertz CT molecular complexity index is 577. The molecule has 0 aliphatic carbocycles. The van der Waals surface area contributed by atoms with E-state index in [9.17, 15) is 5.11 Å². The second-order valence-corrected chi connectivity index (χ2v) is 6.46. The average Bonchev–Trinajstić information content (AvgIpc) is 2.93. The highest BCUT2D eigenvalue weighted by Crippen LogP contribution is 2.43. The lowest BCUT2D eigenvalue weighted by Crippen LogP contribution is -2.44. The molecule has 0 bridgehead atoms. The lowest BCUT2D eigenvalue weighted by atomic mass is 9.81. The van der Waals surface area contributed by atoms with Crippen molar-refractivity contribution in [3.8, 4) is 0 Å². The number of hydrogen-bond donors (Lipinski definition) is 2. The molecule has 0 saturated carbocycles. The molecule has 2 N–H and O–H groups in total. The first kappa shape index (κ1) is 16.0. The second-order valence-electron chi connectivity index (χ2n) is 5.82. The van der Waals surface area contributed by atoms with Crippen molar-refractivity contribution in [1.29, 1.82) is 0 Å². The van der Waals surface area contributed by atoms with Crippen LogP contribution in [0.25, 0.3) is 0 Å². The van der Waals surface area contributed by atoms with E-state index < -0.39 is 10.5 Å². The molecule has 1 aromatic heterocycles. The van der Waals surface area contributed by atoms with Gasteiger partial charge in [0, 0.05) is 0 Å². The van der Waals surface area contributed by atoms with Gasteiger partial charge in [0.15, 0.2) is 0 Å². The van der Waals surface area contributed by atoms with E-state index in [1.807, 2.05) is 25.1 Å². The number of aliphatic hydroxyl groups is 1. The predicted molar refractivity (Wildman–Crippen MR) is 84.4 cm³/mol. The van der Waals surface area contributed by atoms with Crippen LogP contribution in [0, 0.1) is 0 Å². The van der Waals surface area contributed by atoms with Crippen LogP contribution in [-0.4, -0.2) is 26.1 Å². The third-order valence-electron chi connectivity index (χ3n) is 3.90. The SMILES string of the molecule is CCc1n[nH]nc1C(Cl)(CCc1ccccc1)C(C)(C)O. The zero-order valence-corrected chi connectivity index (χ0v) is 13.5. The lowest BCUT2D eigenvalue weighted by molar-refractivity contribution is 0.0253. The first-order valence-electron chi connectivity index (χ1n) is 7.24. The van der Waals surface area contributed by atoms with Crippen LogP contribution in [0.3, 0.4) is 0 Å². The van der Waals surface area contributed by atoms with Gasteiger partial charge in [-0.15, -0.1) is 11.6 Å². The molecular formula is C16H22ClN3O. The van der Waals surface area contributed by atoms with E-state index in [0.29, 0.717) is 12.1 Å². The van der Waals surface area contributed by atoms with Crippen LogP contribution in [0.15, 0.2) is 30.3 Å². The van der Waals surface area contributed by atoms with Gasteiger partial charge in [0.05, 0.1) is 11.3 Å². The van der Waals surface area contributed by atoms with Gasteiger partial charge in [0.25, 0.3) is 0 Å². The normalized spacial score (nSPS) is 14.9. The Labute approximate surface area is 130 Å². The Hall–Kier alpha value is -1.39. The average molecular weight is 308 g/mol. The third kappa shape index (κ3) is 3.27. The maximum absolute atomic E-state index is 10.6. The van der Waals surface area contributed by atoms with Gasteiger partial charge in [-0.05, 0) is 38.7 Å². The Morgan fingerprint density at radius 3 is 2.43 bits per heavy atom. The summed E-state index contributed by atoms with van der Waals surface area (Å²) in [7, 11) is 0. The van der Waals surface area contributed by atoms with Gasteiger partial charge in [-0.25, -0.2) is 0 Å². The van der Waals surface area contributed by atoms with E-state index in [2.05, 4.69) is 27.5 Å². The molecule has 0 aliphatic heterocycles. The molecule has 1 atom stereocenters. The zero-order valence-electron chi connectivity index (χ0n) is 12.7. The second kappa shape index (κ2) is 6.16. The molecule has 21 heavy (non-hydrogen) atoms. The molecular weight excluding hydrogens is 286 g/mol. The number of H-pyrrole nitrogens is 1. The maximum Gasteiger partial charge on any atom is 0.119 e. The van der Waals surface area contributed by atoms with Crippen molar-refractivity contribution < 1.29 is 5.11 Å². The maximum atomic E-state index is 10.6. The van der Waals surface area contributed by atoms with Gasteiger partial charge in [-0.1, -0.05) is 37.3 Å². The fraction of sp³-hybridized carbons (Fsp3) is 0.500. The van der Waals surface area contributed by atoms with Gasteiger partial charge in [-0.2, -0.15) is 15.4 Å². The van der Waals surface area contributed by atoms with Gasteiger partial charge >= 0.3 is 0 Å². The summed E-state index contributed by atoms with van der Waals surface area (Å²) in [6.07, 6.45) is 2.08. The van der Waals surface area contributed by atoms with Crippen molar-refractivity contribution in [3.05, 3.63) is 47.3 Å². The minimum absolute atomic E-state index is 0.585. The predicted octanol–water partition coefficient (Wildman–Crippen LogP) is 3.20. The van der Waals surface area contributed by atoms with Crippen LogP contribution in [0.1, 0.15) is 44.1 Å². The Morgan fingerprint density at radius 1 is 1.19 bits per heavy atom. The fourth-order valence-corrected chi connectivity index (χ4v) is 2.74. The van der Waals surface area contributed by atoms with Crippen molar-refractivity contribution in [2.75, 3.05) is 0 Å². The van der Waals surface area contributed by atoms with Crippen LogP contribution in [0.2, 0.25) is 0 Å². The Morgan fingerprint density at radius 2 is 1.86 bits per heavy atom. The Kier molecular flexibility index (Phi) is 4.69. The number of rotatable bonds is 6. The summed E-state index contributed by atoms with van der Waals surface area (Å²) in [5.74, 6) is 0. The molecule has 1 aromatic carbocycles. The summed E-state index contributed by atoms with van der Waals surface area (Å²) < 4.78 is 0. The Balaban J connectivity index is 2.30. The minimum Gasteiger partial charge on any atom is -0.388 e. The molecule has 0 aliphatic rings. The number of aryl methyl sites for hydroxylation is 2. The van der Waals surface area contributed by atoms with E-state index in [1.165, 1.54) is 5.56 Å². The molecule has 5 heteroatoms. The number of hydrogen-bond acceptors (Lipinski definition) is 3. The molecule has 0 saturated heterocycles. The van der Waals surface area contributed by atoms with Crippen LogP contribution in [0.5, 0.6) is 0 Å². The quantitative estimate of drug-likeness (QED) is 0.806. The number of benzene rings is 1. The van der Waals surface area contributed by atoms with E-state index in [-0.39, 0.29) is 0 Å². The van der Waals surface area contributed by atoms with Crippen LogP contribution < -0.4 is 0 Å². The minimum atomic E-state index is -1.11. The van der Waals surface area contributed by atoms with Crippen molar-refractivity contribution in [2.45, 2.75) is 50.5 Å².